The molecule has 0 bridgehead atoms. The number of phosphoric acid groups is 3. The van der Waals surface area contributed by atoms with Gasteiger partial charge in [0.25, 0.3) is 46.0 Å². The maximum absolute atomic E-state index is 12.8. The first-order valence-electron chi connectivity index (χ1n) is 33.0. The second kappa shape index (κ2) is 39.6. The molecule has 47 heteroatoms. The highest BCUT2D eigenvalue weighted by Gasteiger charge is 2.49. The van der Waals surface area contributed by atoms with Gasteiger partial charge in [-0.2, -0.15) is 46.9 Å². The summed E-state index contributed by atoms with van der Waals surface area (Å²) in [5.41, 5.74) is -0.872. The fraction of sp³-hybridized carbons (Fsp3) is 0.583. The predicted octanol–water partition coefficient (Wildman–Crippen LogP) is 1.90. The van der Waals surface area contributed by atoms with Crippen molar-refractivity contribution in [3.05, 3.63) is 110 Å². The van der Waals surface area contributed by atoms with Crippen LogP contribution in [0.4, 0.5) is 11.4 Å². The smallest absolute Gasteiger partial charge is 0.387 e. The summed E-state index contributed by atoms with van der Waals surface area (Å²) in [4.78, 5) is 89.9. The lowest BCUT2D eigenvalue weighted by Crippen LogP contribution is -2.38. The van der Waals surface area contributed by atoms with E-state index in [-0.39, 0.29) is 145 Å². The molecule has 2 amide bonds. The highest BCUT2D eigenvalue weighted by Crippen LogP contribution is 2.66. The minimum atomic E-state index is -5.87. The van der Waals surface area contributed by atoms with Crippen LogP contribution >= 0.6 is 23.5 Å². The maximum Gasteiger partial charge on any atom is 0.490 e. The van der Waals surface area contributed by atoms with E-state index in [9.17, 15) is 105 Å². The van der Waals surface area contributed by atoms with E-state index in [1.54, 1.807) is 42.7 Å². The number of hydrogen-bond acceptors (Lipinski definition) is 27. The number of carbonyl (C=O) groups excluding carboxylic acids is 2. The number of hydrogen-bond donors (Lipinski definition) is 13. The third kappa shape index (κ3) is 28.6. The molecule has 3 aliphatic heterocycles. The Balaban J connectivity index is 0.851. The van der Waals surface area contributed by atoms with Gasteiger partial charge in [0.05, 0.1) is 105 Å². The number of H-pyrrole nitrogens is 1. The number of rotatable bonds is 48. The van der Waals surface area contributed by atoms with Gasteiger partial charge in [-0.3, -0.25) is 46.7 Å². The van der Waals surface area contributed by atoms with E-state index in [1.807, 2.05) is 16.8 Å². The largest absolute Gasteiger partial charge is 0.490 e. The number of benzene rings is 2. The number of aliphatic hydroxyl groups is 2. The number of amides is 2. The van der Waals surface area contributed by atoms with E-state index in [4.69, 9.17) is 38.2 Å². The molecular formula is C60H90N6O34P3S4+. The fourth-order valence-corrected chi connectivity index (χ4v) is 16.8. The molecule has 7 atom stereocenters. The monoisotopic (exact) mass is 1660 g/mol. The maximum atomic E-state index is 12.8. The van der Waals surface area contributed by atoms with Crippen LogP contribution in [0.2, 0.25) is 0 Å². The van der Waals surface area contributed by atoms with E-state index in [2.05, 4.69) is 23.8 Å². The van der Waals surface area contributed by atoms with Crippen LogP contribution in [0, 0.1) is 0 Å². The van der Waals surface area contributed by atoms with Gasteiger partial charge in [-0.25, -0.2) is 18.5 Å². The minimum Gasteiger partial charge on any atom is -0.387 e. The Bertz CT molecular complexity index is 4490. The zero-order valence-corrected chi connectivity index (χ0v) is 64.2. The van der Waals surface area contributed by atoms with Crippen molar-refractivity contribution in [2.24, 2.45) is 0 Å². The molecule has 3 aliphatic rings. The fourth-order valence-electron chi connectivity index (χ4n) is 11.7. The lowest BCUT2D eigenvalue weighted by Gasteiger charge is -2.30. The van der Waals surface area contributed by atoms with Gasteiger partial charge in [0.15, 0.2) is 11.9 Å². The minimum absolute atomic E-state index is 0.0290. The number of nitrogens with zero attached hydrogens (tertiary/aromatic N) is 3. The molecule has 40 nitrogen and oxygen atoms in total. The van der Waals surface area contributed by atoms with Crippen LogP contribution in [0.25, 0.3) is 6.08 Å². The molecule has 602 valence electrons. The van der Waals surface area contributed by atoms with Crippen molar-refractivity contribution in [3.8, 4) is 0 Å². The summed E-state index contributed by atoms with van der Waals surface area (Å²) in [6.07, 6.45) is 3.64. The molecule has 0 aliphatic carbocycles. The zero-order chi connectivity index (χ0) is 79.4. The molecule has 3 aromatic rings. The number of nitrogens with one attached hydrogen (secondary N) is 3. The highest BCUT2D eigenvalue weighted by atomic mass is 32.2. The molecule has 107 heavy (non-hydrogen) atoms. The molecule has 4 heterocycles. The number of unbranched alkanes of at least 4 members (excludes halogenated alkanes) is 3. The van der Waals surface area contributed by atoms with Crippen LogP contribution in [0.5, 0.6) is 0 Å². The Labute approximate surface area is 616 Å². The summed E-state index contributed by atoms with van der Waals surface area (Å²) < 4.78 is 217. The third-order valence-electron chi connectivity index (χ3n) is 16.7. The van der Waals surface area contributed by atoms with Gasteiger partial charge >= 0.3 is 29.2 Å². The lowest BCUT2D eigenvalue weighted by atomic mass is 9.77. The quantitative estimate of drug-likeness (QED) is 0.0166. The molecule has 6 rings (SSSR count). The number of carbonyl (C=O) groups is 2. The second-order valence-electron chi connectivity index (χ2n) is 25.1. The summed E-state index contributed by atoms with van der Waals surface area (Å²) in [6.45, 7) is 7.02. The van der Waals surface area contributed by atoms with Crippen LogP contribution in [0.3, 0.4) is 0 Å². The summed E-state index contributed by atoms with van der Waals surface area (Å²) in [5, 5.41) is 26.4. The first-order chi connectivity index (χ1) is 49.8. The number of anilines is 1. The molecule has 2 aromatic carbocycles. The van der Waals surface area contributed by atoms with Crippen LogP contribution < -0.4 is 26.8 Å². The number of allylic oxidation sites excluding steroid dienone is 4. The van der Waals surface area contributed by atoms with E-state index in [0.29, 0.717) is 64.3 Å². The Morgan fingerprint density at radius 3 is 1.83 bits per heavy atom. The SMILES string of the molecule is CC1(C)C(C=CC=C2N(CCCCCC(=O)NCCOCCOCCOCCOCCOCCC(=O)NC/C=C/c3cn([C@@H]4O[C@H](COP(=O)(O)OP(=O)(O)OP(=O)(O)O)[C@@H](O)[C@H]4O)c(=O)[nH]c3=O)c3ccc(S(=O)(=O)O)cc3C2(C)CCCCS(=O)(=O)O)=[N+](CCCS(=O)(=O)O)c2ccc(S(=O)(=O)O)cc21. The summed E-state index contributed by atoms with van der Waals surface area (Å²) in [6, 6.07) is 8.21. The van der Waals surface area contributed by atoms with E-state index < -0.39 is 135 Å². The van der Waals surface area contributed by atoms with Crippen LogP contribution in [0.1, 0.15) is 101 Å². The number of fused-ring (bicyclic) bond motifs is 2. The van der Waals surface area contributed by atoms with Crippen molar-refractivity contribution in [3.63, 3.8) is 0 Å². The van der Waals surface area contributed by atoms with Crippen molar-refractivity contribution in [2.45, 2.75) is 124 Å². The third-order valence-corrected chi connectivity index (χ3v) is 23.9. The Kier molecular flexibility index (Phi) is 33.4. The molecule has 1 fully saturated rings. The number of phosphoric ester groups is 1. The van der Waals surface area contributed by atoms with Crippen molar-refractivity contribution < 1.29 is 151 Å². The summed E-state index contributed by atoms with van der Waals surface area (Å²) in [5.74, 6) is -1.74. The molecule has 0 radical (unpaired) electrons. The van der Waals surface area contributed by atoms with Crippen molar-refractivity contribution >= 4 is 98.9 Å². The zero-order valence-electron chi connectivity index (χ0n) is 58.2. The number of aromatic amines is 1. The Morgan fingerprint density at radius 2 is 1.23 bits per heavy atom. The molecule has 0 saturated carbocycles. The number of aromatic nitrogens is 2. The van der Waals surface area contributed by atoms with Crippen LogP contribution in [0.15, 0.2) is 92.0 Å². The van der Waals surface area contributed by atoms with Gasteiger partial charge in [0.2, 0.25) is 17.5 Å². The van der Waals surface area contributed by atoms with Gasteiger partial charge in [0.1, 0.15) is 24.9 Å². The van der Waals surface area contributed by atoms with Crippen molar-refractivity contribution in [2.75, 3.05) is 115 Å². The van der Waals surface area contributed by atoms with Gasteiger partial charge in [0, 0.05) is 79.6 Å². The molecule has 1 saturated heterocycles. The van der Waals surface area contributed by atoms with Crippen LogP contribution in [-0.4, -0.2) is 242 Å². The van der Waals surface area contributed by atoms with E-state index in [1.165, 1.54) is 42.5 Å². The summed E-state index contributed by atoms with van der Waals surface area (Å²) in [7, 11) is -35.2. The normalized spacial score (nSPS) is 20.6. The first kappa shape index (κ1) is 90.4. The average molecular weight is 1660 g/mol. The molecule has 1 aromatic heterocycles. The molecule has 13 N–H and O–H groups in total. The number of aliphatic hydroxyl groups excluding tert-OH is 2. The van der Waals surface area contributed by atoms with Crippen molar-refractivity contribution in [1.29, 1.82) is 0 Å². The van der Waals surface area contributed by atoms with Gasteiger partial charge in [-0.05, 0) is 88.4 Å². The van der Waals surface area contributed by atoms with E-state index >= 15 is 0 Å². The highest BCUT2D eigenvalue weighted by molar-refractivity contribution is 7.86. The summed E-state index contributed by atoms with van der Waals surface area (Å²) >= 11 is 0. The second-order valence-corrected chi connectivity index (χ2v) is 35.5. The molecular weight excluding hydrogens is 1570 g/mol. The standard InChI is InChI=1S/C60H89N6O34P3S4/c1-59(2)45-38-43(106(86,87)88)16-18-47(45)64(25-11-37-105(83,84)85)50(59)13-9-14-51-60(3,21-6-8-36-104(80,81)82)46-39-44(107(89,90)91)17-19-48(46)65(51)24-7-4-5-15-52(67)62-23-27-93-29-31-95-33-35-96-34-32-94-30-28-92-26-20-53(68)61-22-10-12-42-40-66(58(72)63-56(42)71)57-55(70)54(69)49(98-57)41-97-102(76,77)100-103(78,79)99-101(73,74)75/h9-10,12-14,16-19,38-40,49,54-55,57,69-70H,4-8,11,15,20-37,41H2,1-3H3,(H10-,61,62,63,67,68,71,72,73,74,75,76,77,78,79,80,81,82,83,84,85,86,87,88,89,90,91)/p+1/b12-10+/t49-,54-,55-,57-,60?/m1/s1. The Morgan fingerprint density at radius 1 is 0.664 bits per heavy atom. The lowest BCUT2D eigenvalue weighted by molar-refractivity contribution is -0.437. The Hall–Kier alpha value is -5.52. The van der Waals surface area contributed by atoms with Crippen LogP contribution in [-0.2, 0) is 116 Å². The van der Waals surface area contributed by atoms with Gasteiger partial charge < -0.3 is 73.7 Å². The van der Waals surface area contributed by atoms with E-state index in [0.717, 1.165) is 6.20 Å². The first-order valence-corrected chi connectivity index (χ1v) is 43.6. The van der Waals surface area contributed by atoms with Gasteiger partial charge in [-0.15, -0.1) is 0 Å². The molecule has 0 spiro atoms. The predicted molar refractivity (Wildman–Crippen MR) is 378 cm³/mol. The topological polar surface area (TPSA) is 592 Å². The number of ether oxygens (including phenoxy) is 6. The molecule has 3 unspecified atom stereocenters. The average Bonchev–Trinajstić information content (AvgIpc) is 1.58. The van der Waals surface area contributed by atoms with Gasteiger partial charge in [-0.1, -0.05) is 31.1 Å². The van der Waals surface area contributed by atoms with Crippen molar-refractivity contribution in [1.82, 2.24) is 20.2 Å².